The zero-order valence-electron chi connectivity index (χ0n) is 6.20. The molecule has 0 aromatic carbocycles. The minimum atomic E-state index is 0.949. The van der Waals surface area contributed by atoms with Crippen LogP contribution < -0.4 is 0 Å². The Balaban J connectivity index is 3.03. The van der Waals surface area contributed by atoms with Crippen LogP contribution >= 0.6 is 0 Å². The van der Waals surface area contributed by atoms with Crippen LogP contribution in [0.5, 0.6) is 0 Å². The first-order valence-corrected chi connectivity index (χ1v) is 3.18. The lowest BCUT2D eigenvalue weighted by atomic mass is 10.2. The van der Waals surface area contributed by atoms with Gasteiger partial charge in [0.05, 0.1) is 5.69 Å². The predicted molar refractivity (Wildman–Crippen MR) is 42.5 cm³/mol. The first-order valence-electron chi connectivity index (χ1n) is 3.18. The van der Waals surface area contributed by atoms with Gasteiger partial charge in [0.15, 0.2) is 0 Å². The molecule has 1 heterocycles. The van der Waals surface area contributed by atoms with Gasteiger partial charge in [0.2, 0.25) is 0 Å². The Labute approximate surface area is 60.6 Å². The van der Waals surface area contributed by atoms with E-state index in [9.17, 15) is 0 Å². The summed E-state index contributed by atoms with van der Waals surface area (Å²) in [6, 6.07) is 3.94. The van der Waals surface area contributed by atoms with Crippen molar-refractivity contribution in [3.05, 3.63) is 29.6 Å². The first-order chi connectivity index (χ1) is 4.84. The molecule has 1 rings (SSSR count). The summed E-state index contributed by atoms with van der Waals surface area (Å²) in [4.78, 5) is 8.00. The molecule has 0 aliphatic heterocycles. The van der Waals surface area contributed by atoms with Gasteiger partial charge in [-0.15, -0.1) is 0 Å². The number of nitrogens with zero attached hydrogens (tertiary/aromatic N) is 2. The fraction of sp³-hybridized carbons (Fsp3) is 0.250. The standard InChI is InChI=1S/C8H10N2/c1-7-4-3-5-10-8(7)6-9-2/h3-6H,1-2H3. The third-order valence-electron chi connectivity index (χ3n) is 1.30. The molecule has 0 unspecified atom stereocenters. The molecule has 0 bridgehead atoms. The minimum Gasteiger partial charge on any atom is -0.294 e. The van der Waals surface area contributed by atoms with E-state index < -0.39 is 0 Å². The third-order valence-corrected chi connectivity index (χ3v) is 1.30. The van der Waals surface area contributed by atoms with Gasteiger partial charge in [0, 0.05) is 19.5 Å². The maximum Gasteiger partial charge on any atom is 0.0836 e. The average molecular weight is 134 g/mol. The van der Waals surface area contributed by atoms with E-state index in [0.717, 1.165) is 11.3 Å². The summed E-state index contributed by atoms with van der Waals surface area (Å²) in [7, 11) is 1.74. The number of aryl methyl sites for hydroxylation is 1. The van der Waals surface area contributed by atoms with Crippen LogP contribution in [0, 0.1) is 6.92 Å². The molecule has 0 fully saturated rings. The highest BCUT2D eigenvalue weighted by atomic mass is 14.7. The molecule has 0 aliphatic rings. The molecule has 0 N–H and O–H groups in total. The molecular formula is C8H10N2. The number of hydrogen-bond acceptors (Lipinski definition) is 2. The maximum atomic E-state index is 4.12. The second kappa shape index (κ2) is 3.11. The van der Waals surface area contributed by atoms with Gasteiger partial charge in [-0.2, -0.15) is 0 Å². The number of pyridine rings is 1. The Kier molecular flexibility index (Phi) is 2.15. The van der Waals surface area contributed by atoms with Crippen LogP contribution in [0.2, 0.25) is 0 Å². The Morgan fingerprint density at radius 3 is 3.00 bits per heavy atom. The summed E-state index contributed by atoms with van der Waals surface area (Å²) < 4.78 is 0. The van der Waals surface area contributed by atoms with E-state index >= 15 is 0 Å². The highest BCUT2D eigenvalue weighted by Gasteiger charge is 1.90. The summed E-state index contributed by atoms with van der Waals surface area (Å²) in [5.41, 5.74) is 2.11. The van der Waals surface area contributed by atoms with Crippen LogP contribution in [0.1, 0.15) is 11.3 Å². The Morgan fingerprint density at radius 1 is 1.60 bits per heavy atom. The van der Waals surface area contributed by atoms with E-state index in [1.54, 1.807) is 19.5 Å². The number of hydrogen-bond donors (Lipinski definition) is 0. The summed E-state index contributed by atoms with van der Waals surface area (Å²) in [6.45, 7) is 2.02. The van der Waals surface area contributed by atoms with Gasteiger partial charge in [-0.3, -0.25) is 9.98 Å². The molecule has 0 saturated carbocycles. The first kappa shape index (κ1) is 6.93. The molecule has 52 valence electrons. The van der Waals surface area contributed by atoms with E-state index in [4.69, 9.17) is 0 Å². The summed E-state index contributed by atoms with van der Waals surface area (Å²) >= 11 is 0. The molecule has 2 nitrogen and oxygen atoms in total. The molecular weight excluding hydrogens is 124 g/mol. The normalized spacial score (nSPS) is 10.6. The van der Waals surface area contributed by atoms with Gasteiger partial charge in [-0.1, -0.05) is 6.07 Å². The Morgan fingerprint density at radius 2 is 2.40 bits per heavy atom. The van der Waals surface area contributed by atoms with Crippen molar-refractivity contribution in [1.82, 2.24) is 4.98 Å². The van der Waals surface area contributed by atoms with Crippen LogP contribution in [-0.2, 0) is 0 Å². The maximum absolute atomic E-state index is 4.12. The van der Waals surface area contributed by atoms with Crippen molar-refractivity contribution in [3.63, 3.8) is 0 Å². The van der Waals surface area contributed by atoms with Gasteiger partial charge in [-0.25, -0.2) is 0 Å². The lowest BCUT2D eigenvalue weighted by molar-refractivity contribution is 1.24. The molecule has 0 spiro atoms. The third kappa shape index (κ3) is 1.41. The second-order valence-corrected chi connectivity index (χ2v) is 2.09. The van der Waals surface area contributed by atoms with Gasteiger partial charge >= 0.3 is 0 Å². The van der Waals surface area contributed by atoms with E-state index in [2.05, 4.69) is 9.98 Å². The molecule has 1 aromatic heterocycles. The van der Waals surface area contributed by atoms with Crippen molar-refractivity contribution >= 4 is 6.21 Å². The van der Waals surface area contributed by atoms with Crippen LogP contribution in [0.4, 0.5) is 0 Å². The molecule has 0 aliphatic carbocycles. The van der Waals surface area contributed by atoms with E-state index in [1.165, 1.54) is 0 Å². The second-order valence-electron chi connectivity index (χ2n) is 2.09. The fourth-order valence-corrected chi connectivity index (χ4v) is 0.755. The average Bonchev–Trinajstić information content (AvgIpc) is 1.94. The SMILES string of the molecule is CN=Cc1ncccc1C. The van der Waals surface area contributed by atoms with Crippen LogP contribution in [0.15, 0.2) is 23.3 Å². The summed E-state index contributed by atoms with van der Waals surface area (Å²) in [5.74, 6) is 0. The molecule has 0 saturated heterocycles. The number of aliphatic imine (C=N–C) groups is 1. The summed E-state index contributed by atoms with van der Waals surface area (Å²) in [5, 5.41) is 0. The number of rotatable bonds is 1. The van der Waals surface area contributed by atoms with Gasteiger partial charge in [0.1, 0.15) is 0 Å². The molecule has 0 radical (unpaired) electrons. The zero-order chi connectivity index (χ0) is 7.40. The largest absolute Gasteiger partial charge is 0.294 e. The van der Waals surface area contributed by atoms with Gasteiger partial charge in [0.25, 0.3) is 0 Å². The molecule has 0 atom stereocenters. The van der Waals surface area contributed by atoms with Crippen LogP contribution in [0.3, 0.4) is 0 Å². The van der Waals surface area contributed by atoms with Crippen LogP contribution in [0.25, 0.3) is 0 Å². The molecule has 1 aromatic rings. The topological polar surface area (TPSA) is 25.2 Å². The van der Waals surface area contributed by atoms with Crippen molar-refractivity contribution in [2.45, 2.75) is 6.92 Å². The lowest BCUT2D eigenvalue weighted by Gasteiger charge is -1.94. The van der Waals surface area contributed by atoms with Crippen molar-refractivity contribution < 1.29 is 0 Å². The lowest BCUT2D eigenvalue weighted by Crippen LogP contribution is -1.89. The van der Waals surface area contributed by atoms with Crippen molar-refractivity contribution in [2.75, 3.05) is 7.05 Å². The van der Waals surface area contributed by atoms with Crippen LogP contribution in [-0.4, -0.2) is 18.2 Å². The van der Waals surface area contributed by atoms with Crippen molar-refractivity contribution in [2.24, 2.45) is 4.99 Å². The zero-order valence-corrected chi connectivity index (χ0v) is 6.20. The highest BCUT2D eigenvalue weighted by Crippen LogP contribution is 1.98. The monoisotopic (exact) mass is 134 g/mol. The predicted octanol–water partition coefficient (Wildman–Crippen LogP) is 1.44. The minimum absolute atomic E-state index is 0.949. The number of aromatic nitrogens is 1. The van der Waals surface area contributed by atoms with Gasteiger partial charge < -0.3 is 0 Å². The van der Waals surface area contributed by atoms with Gasteiger partial charge in [-0.05, 0) is 18.6 Å². The Hall–Kier alpha value is -1.18. The smallest absolute Gasteiger partial charge is 0.0836 e. The van der Waals surface area contributed by atoms with Crippen molar-refractivity contribution in [3.8, 4) is 0 Å². The Bertz CT molecular complexity index is 241. The van der Waals surface area contributed by atoms with E-state index in [-0.39, 0.29) is 0 Å². The summed E-state index contributed by atoms with van der Waals surface area (Å²) in [6.07, 6.45) is 3.53. The quantitative estimate of drug-likeness (QED) is 0.533. The van der Waals surface area contributed by atoms with Crippen molar-refractivity contribution in [1.29, 1.82) is 0 Å². The fourth-order valence-electron chi connectivity index (χ4n) is 0.755. The molecule has 2 heteroatoms. The highest BCUT2D eigenvalue weighted by molar-refractivity contribution is 5.78. The van der Waals surface area contributed by atoms with E-state index in [0.29, 0.717) is 0 Å². The molecule has 0 amide bonds. The molecule has 10 heavy (non-hydrogen) atoms. The van der Waals surface area contributed by atoms with E-state index in [1.807, 2.05) is 19.1 Å².